The summed E-state index contributed by atoms with van der Waals surface area (Å²) in [4.78, 5) is 4.37. The van der Waals surface area contributed by atoms with E-state index in [0.29, 0.717) is 0 Å². The Morgan fingerprint density at radius 3 is 2.84 bits per heavy atom. The summed E-state index contributed by atoms with van der Waals surface area (Å²) < 4.78 is 0. The Morgan fingerprint density at radius 2 is 2.00 bits per heavy atom. The fourth-order valence-electron chi connectivity index (χ4n) is 2.92. The van der Waals surface area contributed by atoms with Gasteiger partial charge in [-0.05, 0) is 43.0 Å². The molecule has 1 fully saturated rings. The van der Waals surface area contributed by atoms with Crippen molar-refractivity contribution in [1.29, 1.82) is 0 Å². The van der Waals surface area contributed by atoms with Crippen LogP contribution in [0.2, 0.25) is 5.02 Å². The first-order valence-corrected chi connectivity index (χ1v) is 7.49. The van der Waals surface area contributed by atoms with Crippen LogP contribution < -0.4 is 5.32 Å². The molecule has 19 heavy (non-hydrogen) atoms. The molecule has 0 atom stereocenters. The van der Waals surface area contributed by atoms with Gasteiger partial charge < -0.3 is 5.32 Å². The maximum absolute atomic E-state index is 6.01. The van der Waals surface area contributed by atoms with Crippen LogP contribution in [0.15, 0.2) is 30.5 Å². The van der Waals surface area contributed by atoms with Gasteiger partial charge in [0.05, 0.1) is 5.52 Å². The van der Waals surface area contributed by atoms with Crippen molar-refractivity contribution in [2.75, 3.05) is 11.9 Å². The van der Waals surface area contributed by atoms with Crippen molar-refractivity contribution >= 4 is 28.2 Å². The molecule has 0 amide bonds. The van der Waals surface area contributed by atoms with Gasteiger partial charge in [0.2, 0.25) is 0 Å². The Hall–Kier alpha value is -1.28. The number of nitrogens with one attached hydrogen (secondary N) is 1. The van der Waals surface area contributed by atoms with E-state index in [9.17, 15) is 0 Å². The predicted octanol–water partition coefficient (Wildman–Crippen LogP) is 4.88. The minimum Gasteiger partial charge on any atom is -0.384 e. The molecule has 1 aromatic heterocycles. The molecular formula is C16H19ClN2. The summed E-state index contributed by atoms with van der Waals surface area (Å²) in [5, 5.41) is 5.49. The summed E-state index contributed by atoms with van der Waals surface area (Å²) in [5.41, 5.74) is 2.13. The minimum absolute atomic E-state index is 0.740. The van der Waals surface area contributed by atoms with E-state index in [4.69, 9.17) is 11.6 Å². The van der Waals surface area contributed by atoms with Crippen LogP contribution in [0.25, 0.3) is 10.9 Å². The third kappa shape index (κ3) is 3.01. The monoisotopic (exact) mass is 274 g/mol. The van der Waals surface area contributed by atoms with Gasteiger partial charge in [-0.25, -0.2) is 0 Å². The number of halogens is 1. The van der Waals surface area contributed by atoms with Crippen molar-refractivity contribution < 1.29 is 0 Å². The average molecular weight is 275 g/mol. The molecule has 1 saturated carbocycles. The lowest BCUT2D eigenvalue weighted by Gasteiger charge is -2.22. The highest BCUT2D eigenvalue weighted by molar-refractivity contribution is 6.31. The van der Waals surface area contributed by atoms with Crippen molar-refractivity contribution in [1.82, 2.24) is 4.98 Å². The van der Waals surface area contributed by atoms with Crippen LogP contribution in [0.3, 0.4) is 0 Å². The van der Waals surface area contributed by atoms with Gasteiger partial charge in [-0.1, -0.05) is 30.9 Å². The van der Waals surface area contributed by atoms with Gasteiger partial charge in [0.25, 0.3) is 0 Å². The Balaban J connectivity index is 1.76. The number of fused-ring (bicyclic) bond motifs is 1. The lowest BCUT2D eigenvalue weighted by Crippen LogP contribution is -2.17. The summed E-state index contributed by atoms with van der Waals surface area (Å²) in [6.45, 7) is 1.07. The van der Waals surface area contributed by atoms with E-state index in [0.717, 1.165) is 28.4 Å². The third-order valence-electron chi connectivity index (χ3n) is 4.01. The number of nitrogens with zero attached hydrogens (tertiary/aromatic N) is 1. The molecule has 0 spiro atoms. The van der Waals surface area contributed by atoms with E-state index < -0.39 is 0 Å². The van der Waals surface area contributed by atoms with Crippen LogP contribution in [-0.2, 0) is 0 Å². The normalized spacial score (nSPS) is 16.7. The smallest absolute Gasteiger partial charge is 0.0737 e. The van der Waals surface area contributed by atoms with Crippen LogP contribution in [0.5, 0.6) is 0 Å². The standard InChI is InChI=1S/C16H19ClN2/c17-13-6-7-14-15(8-9-18-16(14)10-13)19-11-12-4-2-1-3-5-12/h6-10,12H,1-5,11H2,(H,18,19). The molecule has 100 valence electrons. The fourth-order valence-corrected chi connectivity index (χ4v) is 3.09. The molecule has 0 bridgehead atoms. The van der Waals surface area contributed by atoms with Crippen LogP contribution in [-0.4, -0.2) is 11.5 Å². The topological polar surface area (TPSA) is 24.9 Å². The Labute approximate surface area is 119 Å². The van der Waals surface area contributed by atoms with Gasteiger partial charge in [0.1, 0.15) is 0 Å². The van der Waals surface area contributed by atoms with E-state index in [1.54, 1.807) is 0 Å². The predicted molar refractivity (Wildman–Crippen MR) is 81.8 cm³/mol. The van der Waals surface area contributed by atoms with E-state index in [2.05, 4.69) is 16.4 Å². The molecule has 0 unspecified atom stereocenters. The molecule has 0 radical (unpaired) electrons. The van der Waals surface area contributed by atoms with E-state index in [1.165, 1.54) is 37.8 Å². The van der Waals surface area contributed by atoms with Crippen molar-refractivity contribution in [2.24, 2.45) is 5.92 Å². The molecular weight excluding hydrogens is 256 g/mol. The maximum atomic E-state index is 6.01. The molecule has 1 heterocycles. The highest BCUT2D eigenvalue weighted by atomic mass is 35.5. The summed E-state index contributed by atoms with van der Waals surface area (Å²) in [6, 6.07) is 7.95. The summed E-state index contributed by atoms with van der Waals surface area (Å²) >= 11 is 6.01. The molecule has 1 aliphatic carbocycles. The lowest BCUT2D eigenvalue weighted by atomic mass is 9.89. The van der Waals surface area contributed by atoms with Crippen molar-refractivity contribution in [2.45, 2.75) is 32.1 Å². The second-order valence-corrected chi connectivity index (χ2v) is 5.84. The zero-order chi connectivity index (χ0) is 13.1. The van der Waals surface area contributed by atoms with Gasteiger partial charge in [0, 0.05) is 28.8 Å². The van der Waals surface area contributed by atoms with Crippen molar-refractivity contribution in [3.8, 4) is 0 Å². The molecule has 1 N–H and O–H groups in total. The van der Waals surface area contributed by atoms with E-state index in [-0.39, 0.29) is 0 Å². The molecule has 1 aromatic carbocycles. The van der Waals surface area contributed by atoms with Crippen molar-refractivity contribution in [3.63, 3.8) is 0 Å². The van der Waals surface area contributed by atoms with Gasteiger partial charge in [-0.2, -0.15) is 0 Å². The number of benzene rings is 1. The fraction of sp³-hybridized carbons (Fsp3) is 0.438. The van der Waals surface area contributed by atoms with Gasteiger partial charge in [-0.3, -0.25) is 4.98 Å². The Kier molecular flexibility index (Phi) is 3.88. The zero-order valence-corrected chi connectivity index (χ0v) is 11.8. The van der Waals surface area contributed by atoms with Gasteiger partial charge >= 0.3 is 0 Å². The number of hydrogen-bond acceptors (Lipinski definition) is 2. The molecule has 0 saturated heterocycles. The van der Waals surface area contributed by atoms with Gasteiger partial charge in [0.15, 0.2) is 0 Å². The van der Waals surface area contributed by atoms with Crippen molar-refractivity contribution in [3.05, 3.63) is 35.5 Å². The SMILES string of the molecule is Clc1ccc2c(NCC3CCCCC3)ccnc2c1. The number of hydrogen-bond donors (Lipinski definition) is 1. The summed E-state index contributed by atoms with van der Waals surface area (Å²) in [7, 11) is 0. The summed E-state index contributed by atoms with van der Waals surface area (Å²) in [5.74, 6) is 0.823. The second-order valence-electron chi connectivity index (χ2n) is 5.40. The maximum Gasteiger partial charge on any atom is 0.0737 e. The first-order chi connectivity index (χ1) is 9.33. The highest BCUT2D eigenvalue weighted by Gasteiger charge is 2.13. The van der Waals surface area contributed by atoms with Crippen LogP contribution in [0.1, 0.15) is 32.1 Å². The third-order valence-corrected chi connectivity index (χ3v) is 4.25. The van der Waals surface area contributed by atoms with Crippen LogP contribution >= 0.6 is 11.6 Å². The quantitative estimate of drug-likeness (QED) is 0.863. The lowest BCUT2D eigenvalue weighted by molar-refractivity contribution is 0.373. The van der Waals surface area contributed by atoms with E-state index >= 15 is 0 Å². The largest absolute Gasteiger partial charge is 0.384 e. The average Bonchev–Trinajstić information content (AvgIpc) is 2.45. The molecule has 0 aliphatic heterocycles. The van der Waals surface area contributed by atoms with E-state index in [1.807, 2.05) is 24.4 Å². The van der Waals surface area contributed by atoms with Crippen LogP contribution in [0.4, 0.5) is 5.69 Å². The Bertz CT molecular complexity index is 562. The first kappa shape index (κ1) is 12.7. The highest BCUT2D eigenvalue weighted by Crippen LogP contribution is 2.27. The zero-order valence-electron chi connectivity index (χ0n) is 11.0. The van der Waals surface area contributed by atoms with Crippen LogP contribution in [0, 0.1) is 5.92 Å². The number of anilines is 1. The molecule has 2 nitrogen and oxygen atoms in total. The van der Waals surface area contributed by atoms with Gasteiger partial charge in [-0.15, -0.1) is 0 Å². The minimum atomic E-state index is 0.740. The first-order valence-electron chi connectivity index (χ1n) is 7.11. The molecule has 1 aliphatic rings. The Morgan fingerprint density at radius 1 is 1.16 bits per heavy atom. The number of aromatic nitrogens is 1. The molecule has 3 rings (SSSR count). The summed E-state index contributed by atoms with van der Waals surface area (Å²) in [6.07, 6.45) is 8.76. The second kappa shape index (κ2) is 5.79. The number of pyridine rings is 1. The number of rotatable bonds is 3. The molecule has 2 aromatic rings. The molecule has 3 heteroatoms.